The summed E-state index contributed by atoms with van der Waals surface area (Å²) in [5, 5.41) is 0. The third kappa shape index (κ3) is 2.54. The molecular formula is C14H15BrN2O. The van der Waals surface area contributed by atoms with Crippen molar-refractivity contribution in [3.63, 3.8) is 0 Å². The largest absolute Gasteiger partial charge is 0.320 e. The lowest BCUT2D eigenvalue weighted by molar-refractivity contribution is 0.701. The van der Waals surface area contributed by atoms with Gasteiger partial charge in [-0.05, 0) is 30.7 Å². The molecule has 0 radical (unpaired) electrons. The quantitative estimate of drug-likeness (QED) is 0.948. The topological polar surface area (TPSA) is 48.0 Å². The zero-order valence-corrected chi connectivity index (χ0v) is 11.7. The van der Waals surface area contributed by atoms with E-state index in [2.05, 4.69) is 15.9 Å². The van der Waals surface area contributed by atoms with E-state index < -0.39 is 0 Å². The fourth-order valence-electron chi connectivity index (χ4n) is 1.89. The van der Waals surface area contributed by atoms with Gasteiger partial charge < -0.3 is 10.3 Å². The molecule has 4 heteroatoms. The second kappa shape index (κ2) is 5.50. The fraction of sp³-hybridized carbons (Fsp3) is 0.214. The first-order valence-corrected chi connectivity index (χ1v) is 6.63. The standard InChI is InChI=1S/C14H15BrN2O/c1-2-17-9-3-4-12(14(17)18)13(16)10-5-7-11(15)8-6-10/h3-9,13H,2,16H2,1H3. The zero-order valence-electron chi connectivity index (χ0n) is 10.1. The number of aryl methyl sites for hydroxylation is 1. The highest BCUT2D eigenvalue weighted by Gasteiger charge is 2.13. The Morgan fingerprint density at radius 3 is 2.56 bits per heavy atom. The average molecular weight is 307 g/mol. The highest BCUT2D eigenvalue weighted by Crippen LogP contribution is 2.19. The van der Waals surface area contributed by atoms with Gasteiger partial charge in [0, 0.05) is 22.8 Å². The smallest absolute Gasteiger partial charge is 0.255 e. The molecular weight excluding hydrogens is 292 g/mol. The van der Waals surface area contributed by atoms with Crippen molar-refractivity contribution in [2.24, 2.45) is 5.73 Å². The Hall–Kier alpha value is -1.39. The molecule has 0 saturated heterocycles. The van der Waals surface area contributed by atoms with Crippen LogP contribution < -0.4 is 11.3 Å². The van der Waals surface area contributed by atoms with Gasteiger partial charge in [0.1, 0.15) is 0 Å². The second-order valence-electron chi connectivity index (χ2n) is 4.08. The molecule has 94 valence electrons. The molecule has 18 heavy (non-hydrogen) atoms. The summed E-state index contributed by atoms with van der Waals surface area (Å²) >= 11 is 3.38. The Morgan fingerprint density at radius 2 is 1.94 bits per heavy atom. The molecule has 1 unspecified atom stereocenters. The summed E-state index contributed by atoms with van der Waals surface area (Å²) in [6.07, 6.45) is 1.78. The molecule has 0 bridgehead atoms. The van der Waals surface area contributed by atoms with Crippen LogP contribution in [0.2, 0.25) is 0 Å². The minimum atomic E-state index is -0.385. The van der Waals surface area contributed by atoms with Gasteiger partial charge in [-0.15, -0.1) is 0 Å². The van der Waals surface area contributed by atoms with Crippen molar-refractivity contribution >= 4 is 15.9 Å². The normalized spacial score (nSPS) is 12.4. The molecule has 3 nitrogen and oxygen atoms in total. The van der Waals surface area contributed by atoms with E-state index in [1.54, 1.807) is 16.8 Å². The summed E-state index contributed by atoms with van der Waals surface area (Å²) in [6.45, 7) is 2.59. The summed E-state index contributed by atoms with van der Waals surface area (Å²) in [7, 11) is 0. The Labute approximate surface area is 114 Å². The van der Waals surface area contributed by atoms with Gasteiger partial charge in [-0.3, -0.25) is 4.79 Å². The van der Waals surface area contributed by atoms with Gasteiger partial charge in [-0.2, -0.15) is 0 Å². The van der Waals surface area contributed by atoms with Crippen molar-refractivity contribution in [3.8, 4) is 0 Å². The molecule has 1 heterocycles. The summed E-state index contributed by atoms with van der Waals surface area (Å²) in [5.74, 6) is 0. The number of pyridine rings is 1. The number of nitrogens with two attached hydrogens (primary N) is 1. The van der Waals surface area contributed by atoms with Crippen LogP contribution in [-0.2, 0) is 6.54 Å². The maximum atomic E-state index is 12.2. The minimum Gasteiger partial charge on any atom is -0.320 e. The van der Waals surface area contributed by atoms with Gasteiger partial charge >= 0.3 is 0 Å². The first kappa shape index (κ1) is 13.1. The number of halogens is 1. The second-order valence-corrected chi connectivity index (χ2v) is 5.00. The molecule has 0 fully saturated rings. The predicted octanol–water partition coefficient (Wildman–Crippen LogP) is 2.68. The third-order valence-electron chi connectivity index (χ3n) is 2.95. The van der Waals surface area contributed by atoms with Crippen molar-refractivity contribution in [3.05, 3.63) is 68.5 Å². The van der Waals surface area contributed by atoms with Crippen LogP contribution in [0, 0.1) is 0 Å². The summed E-state index contributed by atoms with van der Waals surface area (Å²) in [5.41, 5.74) is 7.70. The van der Waals surface area contributed by atoms with E-state index in [4.69, 9.17) is 5.73 Å². The average Bonchev–Trinajstić information content (AvgIpc) is 2.39. The van der Waals surface area contributed by atoms with Crippen molar-refractivity contribution in [2.75, 3.05) is 0 Å². The number of rotatable bonds is 3. The Kier molecular flexibility index (Phi) is 3.99. The molecule has 2 aromatic rings. The van der Waals surface area contributed by atoms with E-state index in [1.165, 1.54) is 0 Å². The van der Waals surface area contributed by atoms with E-state index in [-0.39, 0.29) is 11.6 Å². The van der Waals surface area contributed by atoms with E-state index in [0.717, 1.165) is 10.0 Å². The SMILES string of the molecule is CCn1cccc(C(N)c2ccc(Br)cc2)c1=O. The lowest BCUT2D eigenvalue weighted by Crippen LogP contribution is -2.27. The molecule has 0 aliphatic heterocycles. The van der Waals surface area contributed by atoms with E-state index in [9.17, 15) is 4.79 Å². The molecule has 0 aliphatic carbocycles. The van der Waals surface area contributed by atoms with Crippen LogP contribution in [-0.4, -0.2) is 4.57 Å². The van der Waals surface area contributed by atoms with E-state index >= 15 is 0 Å². The molecule has 0 saturated carbocycles. The lowest BCUT2D eigenvalue weighted by Gasteiger charge is -2.13. The van der Waals surface area contributed by atoms with Gasteiger partial charge in [0.05, 0.1) is 6.04 Å². The first-order chi connectivity index (χ1) is 8.63. The monoisotopic (exact) mass is 306 g/mol. The molecule has 2 rings (SSSR count). The predicted molar refractivity (Wildman–Crippen MR) is 76.5 cm³/mol. The number of benzene rings is 1. The molecule has 1 aromatic carbocycles. The first-order valence-electron chi connectivity index (χ1n) is 5.84. The molecule has 2 N–H and O–H groups in total. The molecule has 0 aliphatic rings. The van der Waals surface area contributed by atoms with Crippen LogP contribution in [0.4, 0.5) is 0 Å². The van der Waals surface area contributed by atoms with Gasteiger partial charge in [0.2, 0.25) is 0 Å². The Morgan fingerprint density at radius 1 is 1.28 bits per heavy atom. The molecule has 1 atom stereocenters. The van der Waals surface area contributed by atoms with Crippen molar-refractivity contribution in [1.82, 2.24) is 4.57 Å². The van der Waals surface area contributed by atoms with E-state index in [1.807, 2.05) is 37.3 Å². The zero-order chi connectivity index (χ0) is 13.1. The van der Waals surface area contributed by atoms with Gasteiger partial charge in [-0.25, -0.2) is 0 Å². The number of aromatic nitrogens is 1. The van der Waals surface area contributed by atoms with Crippen LogP contribution in [0.15, 0.2) is 51.9 Å². The van der Waals surface area contributed by atoms with Crippen molar-refractivity contribution < 1.29 is 0 Å². The summed E-state index contributed by atoms with van der Waals surface area (Å²) < 4.78 is 2.66. The van der Waals surface area contributed by atoms with Crippen LogP contribution >= 0.6 is 15.9 Å². The molecule has 0 amide bonds. The third-order valence-corrected chi connectivity index (χ3v) is 3.48. The van der Waals surface area contributed by atoms with Crippen molar-refractivity contribution in [1.29, 1.82) is 0 Å². The Balaban J connectivity index is 2.43. The molecule has 0 spiro atoms. The minimum absolute atomic E-state index is 0.0181. The lowest BCUT2D eigenvalue weighted by atomic mass is 10.0. The highest BCUT2D eigenvalue weighted by atomic mass is 79.9. The summed E-state index contributed by atoms with van der Waals surface area (Å²) in [6, 6.07) is 11.0. The van der Waals surface area contributed by atoms with Crippen LogP contribution in [0.25, 0.3) is 0 Å². The van der Waals surface area contributed by atoms with Crippen molar-refractivity contribution in [2.45, 2.75) is 19.5 Å². The maximum absolute atomic E-state index is 12.2. The van der Waals surface area contributed by atoms with Crippen LogP contribution in [0.3, 0.4) is 0 Å². The number of hydrogen-bond acceptors (Lipinski definition) is 2. The maximum Gasteiger partial charge on any atom is 0.255 e. The number of hydrogen-bond donors (Lipinski definition) is 1. The summed E-state index contributed by atoms with van der Waals surface area (Å²) in [4.78, 5) is 12.2. The van der Waals surface area contributed by atoms with Gasteiger partial charge in [-0.1, -0.05) is 34.1 Å². The number of nitrogens with zero attached hydrogens (tertiary/aromatic N) is 1. The van der Waals surface area contributed by atoms with E-state index in [0.29, 0.717) is 12.1 Å². The molecule has 1 aromatic heterocycles. The van der Waals surface area contributed by atoms with Crippen LogP contribution in [0.1, 0.15) is 24.1 Å². The Bertz CT molecular complexity index is 589. The highest BCUT2D eigenvalue weighted by molar-refractivity contribution is 9.10. The van der Waals surface area contributed by atoms with Gasteiger partial charge in [0.25, 0.3) is 5.56 Å². The van der Waals surface area contributed by atoms with Gasteiger partial charge in [0.15, 0.2) is 0 Å². The fourth-order valence-corrected chi connectivity index (χ4v) is 2.16. The van der Waals surface area contributed by atoms with Crippen LogP contribution in [0.5, 0.6) is 0 Å².